The van der Waals surface area contributed by atoms with E-state index in [0.29, 0.717) is 6.04 Å². The summed E-state index contributed by atoms with van der Waals surface area (Å²) in [6.07, 6.45) is 0.864. The minimum absolute atomic E-state index is 0.388. The molecule has 0 amide bonds. The molecule has 0 saturated carbocycles. The fourth-order valence-electron chi connectivity index (χ4n) is 1.96. The second-order valence-corrected chi connectivity index (χ2v) is 6.45. The van der Waals surface area contributed by atoms with Gasteiger partial charge in [-0.3, -0.25) is 0 Å². The molecule has 0 aromatic carbocycles. The third-order valence-electron chi connectivity index (χ3n) is 2.75. The summed E-state index contributed by atoms with van der Waals surface area (Å²) >= 11 is 3.52. The van der Waals surface area contributed by atoms with Crippen molar-refractivity contribution in [3.8, 4) is 0 Å². The Morgan fingerprint density at radius 1 is 1.28 bits per heavy atom. The van der Waals surface area contributed by atoms with Crippen LogP contribution in [0, 0.1) is 13.8 Å². The van der Waals surface area contributed by atoms with Crippen molar-refractivity contribution >= 4 is 22.7 Å². The van der Waals surface area contributed by atoms with Crippen LogP contribution in [0.2, 0.25) is 0 Å². The summed E-state index contributed by atoms with van der Waals surface area (Å²) in [5, 5.41) is 7.86. The van der Waals surface area contributed by atoms with Gasteiger partial charge in [0.05, 0.1) is 22.1 Å². The lowest BCUT2D eigenvalue weighted by Gasteiger charge is -2.09. The van der Waals surface area contributed by atoms with Crippen LogP contribution >= 0.6 is 22.7 Å². The molecular weight excluding hydrogens is 262 g/mol. The van der Waals surface area contributed by atoms with Gasteiger partial charge in [0.25, 0.3) is 0 Å². The predicted octanol–water partition coefficient (Wildman–Crippen LogP) is 3.48. The van der Waals surface area contributed by atoms with E-state index < -0.39 is 0 Å². The molecule has 0 saturated heterocycles. The minimum atomic E-state index is 0.388. The number of aryl methyl sites for hydroxylation is 2. The van der Waals surface area contributed by atoms with Gasteiger partial charge in [0.15, 0.2) is 0 Å². The largest absolute Gasteiger partial charge is 0.310 e. The minimum Gasteiger partial charge on any atom is -0.310 e. The van der Waals surface area contributed by atoms with E-state index in [-0.39, 0.29) is 0 Å². The first-order valence-corrected chi connectivity index (χ1v) is 7.90. The summed E-state index contributed by atoms with van der Waals surface area (Å²) in [5.41, 5.74) is 2.25. The molecular formula is C13H19N3S2. The Bertz CT molecular complexity index is 516. The fraction of sp³-hybridized carbons (Fsp3) is 0.538. The van der Waals surface area contributed by atoms with Gasteiger partial charge in [0.2, 0.25) is 0 Å². The molecule has 0 fully saturated rings. The highest BCUT2D eigenvalue weighted by Crippen LogP contribution is 2.27. The van der Waals surface area contributed by atoms with Crippen molar-refractivity contribution in [3.63, 3.8) is 0 Å². The lowest BCUT2D eigenvalue weighted by atomic mass is 10.2. The zero-order chi connectivity index (χ0) is 13.1. The number of hydrogen-bond donors (Lipinski definition) is 1. The van der Waals surface area contributed by atoms with E-state index in [9.17, 15) is 0 Å². The third-order valence-corrected chi connectivity index (χ3v) is 5.06. The van der Waals surface area contributed by atoms with Crippen molar-refractivity contribution in [1.82, 2.24) is 15.3 Å². The first kappa shape index (κ1) is 13.6. The van der Waals surface area contributed by atoms with Crippen molar-refractivity contribution in [1.29, 1.82) is 0 Å². The monoisotopic (exact) mass is 281 g/mol. The van der Waals surface area contributed by atoms with E-state index in [4.69, 9.17) is 0 Å². The van der Waals surface area contributed by atoms with Gasteiger partial charge in [-0.15, -0.1) is 22.7 Å². The Morgan fingerprint density at radius 2 is 2.06 bits per heavy atom. The first-order valence-electron chi connectivity index (χ1n) is 6.20. The van der Waals surface area contributed by atoms with Gasteiger partial charge in [0, 0.05) is 22.0 Å². The van der Waals surface area contributed by atoms with E-state index in [1.807, 2.05) is 6.92 Å². The molecule has 1 unspecified atom stereocenters. The highest BCUT2D eigenvalue weighted by Gasteiger charge is 2.14. The molecule has 3 nitrogen and oxygen atoms in total. The van der Waals surface area contributed by atoms with Gasteiger partial charge in [-0.1, -0.05) is 6.92 Å². The van der Waals surface area contributed by atoms with Crippen LogP contribution in [-0.2, 0) is 6.42 Å². The van der Waals surface area contributed by atoms with Crippen LogP contribution in [0.15, 0.2) is 5.38 Å². The van der Waals surface area contributed by atoms with Gasteiger partial charge in [-0.05, 0) is 27.3 Å². The molecule has 1 atom stereocenters. The average Bonchev–Trinajstić information content (AvgIpc) is 2.86. The smallest absolute Gasteiger partial charge is 0.0999 e. The summed E-state index contributed by atoms with van der Waals surface area (Å²) in [7, 11) is 0. The second kappa shape index (κ2) is 5.91. The number of nitrogens with zero attached hydrogens (tertiary/aromatic N) is 2. The van der Waals surface area contributed by atoms with Crippen molar-refractivity contribution in [2.24, 2.45) is 0 Å². The molecule has 2 aromatic rings. The maximum Gasteiger partial charge on any atom is 0.0999 e. The van der Waals surface area contributed by atoms with Crippen LogP contribution in [-0.4, -0.2) is 16.5 Å². The van der Waals surface area contributed by atoms with Crippen LogP contribution in [0.3, 0.4) is 0 Å². The number of thiazole rings is 2. The maximum atomic E-state index is 4.66. The Hall–Kier alpha value is -0.780. The average molecular weight is 281 g/mol. The predicted molar refractivity (Wildman–Crippen MR) is 78.6 cm³/mol. The molecule has 98 valence electrons. The molecule has 0 aliphatic carbocycles. The molecule has 2 rings (SSSR count). The summed E-state index contributed by atoms with van der Waals surface area (Å²) in [5.74, 6) is 0. The van der Waals surface area contributed by atoms with Crippen LogP contribution in [0.5, 0.6) is 0 Å². The van der Waals surface area contributed by atoms with Gasteiger partial charge >= 0.3 is 0 Å². The number of hydrogen-bond acceptors (Lipinski definition) is 5. The lowest BCUT2D eigenvalue weighted by Crippen LogP contribution is -2.17. The fourth-order valence-corrected chi connectivity index (χ4v) is 3.92. The lowest BCUT2D eigenvalue weighted by molar-refractivity contribution is 0.603. The van der Waals surface area contributed by atoms with Crippen molar-refractivity contribution in [3.05, 3.63) is 31.7 Å². The summed E-state index contributed by atoms with van der Waals surface area (Å²) in [4.78, 5) is 10.5. The van der Waals surface area contributed by atoms with E-state index >= 15 is 0 Å². The third kappa shape index (κ3) is 3.16. The highest BCUT2D eigenvalue weighted by molar-refractivity contribution is 7.12. The van der Waals surface area contributed by atoms with Crippen LogP contribution < -0.4 is 5.32 Å². The molecule has 18 heavy (non-hydrogen) atoms. The molecule has 2 heterocycles. The number of rotatable bonds is 5. The summed E-state index contributed by atoms with van der Waals surface area (Å²) < 4.78 is 0. The zero-order valence-electron chi connectivity index (χ0n) is 11.3. The standard InChI is InChI=1S/C13H19N3S2/c1-5-14-9(3)13-10(4)16-12(18-13)6-11-15-8(2)7-17-11/h7,9,14H,5-6H2,1-4H3. The van der Waals surface area contributed by atoms with Gasteiger partial charge < -0.3 is 5.32 Å². The van der Waals surface area contributed by atoms with Crippen molar-refractivity contribution in [2.45, 2.75) is 40.2 Å². The SMILES string of the molecule is CCNC(C)c1sc(Cc2nc(C)cs2)nc1C. The maximum absolute atomic E-state index is 4.66. The van der Waals surface area contributed by atoms with Crippen LogP contribution in [0.1, 0.15) is 46.2 Å². The molecule has 1 N–H and O–H groups in total. The topological polar surface area (TPSA) is 37.8 Å². The molecule has 2 aromatic heterocycles. The molecule has 0 bridgehead atoms. The van der Waals surface area contributed by atoms with E-state index in [1.54, 1.807) is 22.7 Å². The Balaban J connectivity index is 2.13. The van der Waals surface area contributed by atoms with Crippen LogP contribution in [0.4, 0.5) is 0 Å². The number of nitrogens with one attached hydrogen (secondary N) is 1. The Kier molecular flexibility index (Phi) is 4.48. The van der Waals surface area contributed by atoms with E-state index in [0.717, 1.165) is 29.4 Å². The second-order valence-electron chi connectivity index (χ2n) is 4.40. The summed E-state index contributed by atoms with van der Waals surface area (Å²) in [6.45, 7) is 9.44. The van der Waals surface area contributed by atoms with E-state index in [2.05, 4.69) is 41.4 Å². The van der Waals surface area contributed by atoms with Crippen LogP contribution in [0.25, 0.3) is 0 Å². The van der Waals surface area contributed by atoms with Gasteiger partial charge in [0.1, 0.15) is 0 Å². The molecule has 0 aliphatic heterocycles. The molecule has 0 radical (unpaired) electrons. The summed E-state index contributed by atoms with van der Waals surface area (Å²) in [6, 6.07) is 0.388. The van der Waals surface area contributed by atoms with Gasteiger partial charge in [-0.2, -0.15) is 0 Å². The Labute approximate surface area is 116 Å². The highest BCUT2D eigenvalue weighted by atomic mass is 32.1. The zero-order valence-corrected chi connectivity index (χ0v) is 12.9. The molecule has 0 spiro atoms. The van der Waals surface area contributed by atoms with Crippen molar-refractivity contribution in [2.75, 3.05) is 6.54 Å². The Morgan fingerprint density at radius 3 is 2.67 bits per heavy atom. The molecule has 0 aliphatic rings. The van der Waals surface area contributed by atoms with E-state index in [1.165, 1.54) is 9.88 Å². The normalized spacial score (nSPS) is 12.9. The number of aromatic nitrogens is 2. The first-order chi connectivity index (χ1) is 8.60. The quantitative estimate of drug-likeness (QED) is 0.912. The van der Waals surface area contributed by atoms with Crippen molar-refractivity contribution < 1.29 is 0 Å². The molecule has 5 heteroatoms. The van der Waals surface area contributed by atoms with Gasteiger partial charge in [-0.25, -0.2) is 9.97 Å².